The third-order valence-corrected chi connectivity index (χ3v) is 8.29. The maximum Gasteiger partial charge on any atom is 0.248 e. The van der Waals surface area contributed by atoms with E-state index in [2.05, 4.69) is 10.5 Å². The van der Waals surface area contributed by atoms with E-state index in [4.69, 9.17) is 8.94 Å². The van der Waals surface area contributed by atoms with Gasteiger partial charge in [0.05, 0.1) is 12.5 Å². The highest BCUT2D eigenvalue weighted by Gasteiger charge is 2.36. The first-order chi connectivity index (χ1) is 16.6. The number of hydrogen-bond donors (Lipinski definition) is 1. The minimum Gasteiger partial charge on any atom is -0.465 e. The molecule has 1 N–H and O–H groups in total. The predicted molar refractivity (Wildman–Crippen MR) is 133 cm³/mol. The Balaban J connectivity index is 1.51. The summed E-state index contributed by atoms with van der Waals surface area (Å²) in [5.74, 6) is 0.995. The maximum atomic E-state index is 13.6. The lowest BCUT2D eigenvalue weighted by Crippen LogP contribution is -2.45. The van der Waals surface area contributed by atoms with Crippen molar-refractivity contribution in [3.05, 3.63) is 70.0 Å². The second-order valence-electron chi connectivity index (χ2n) is 9.09. The van der Waals surface area contributed by atoms with E-state index < -0.39 is 15.9 Å². The summed E-state index contributed by atoms with van der Waals surface area (Å²) >= 11 is 0. The van der Waals surface area contributed by atoms with Crippen LogP contribution in [0.3, 0.4) is 0 Å². The van der Waals surface area contributed by atoms with E-state index in [0.717, 1.165) is 22.5 Å². The Morgan fingerprint density at radius 1 is 1.17 bits per heavy atom. The zero-order valence-electron chi connectivity index (χ0n) is 20.5. The maximum absolute atomic E-state index is 13.6. The third kappa shape index (κ3) is 5.57. The minimum absolute atomic E-state index is 0.0474. The molecular formula is C26H31N3O5S. The molecule has 4 rings (SSSR count). The normalized spacial score (nSPS) is 17.2. The van der Waals surface area contributed by atoms with Crippen molar-refractivity contribution in [2.75, 3.05) is 13.1 Å². The fourth-order valence-corrected chi connectivity index (χ4v) is 6.08. The number of benzene rings is 1. The standard InChI is InChI=1S/C26H31N3O5S/c1-17-7-8-18(2)21(14-17)10-12-24-25(20(4)28-34-24)35(31,32)29-13-5-6-22(16-29)26(30)27-15-23-11-9-19(3)33-23/h7-12,14,22H,5-6,13,15-16H2,1-4H3,(H,27,30)/b12-10+/t22-/m0/s1. The van der Waals surface area contributed by atoms with E-state index in [1.54, 1.807) is 13.0 Å². The van der Waals surface area contributed by atoms with Gasteiger partial charge in [0.15, 0.2) is 10.7 Å². The number of rotatable bonds is 7. The van der Waals surface area contributed by atoms with E-state index in [0.29, 0.717) is 30.8 Å². The molecule has 1 amide bonds. The molecule has 1 aliphatic heterocycles. The zero-order valence-corrected chi connectivity index (χ0v) is 21.3. The molecule has 8 nitrogen and oxygen atoms in total. The Bertz CT molecular complexity index is 1350. The number of furan rings is 1. The zero-order chi connectivity index (χ0) is 25.2. The third-order valence-electron chi connectivity index (χ3n) is 6.27. The monoisotopic (exact) mass is 497 g/mol. The van der Waals surface area contributed by atoms with Gasteiger partial charge in [0.1, 0.15) is 17.2 Å². The molecule has 1 fully saturated rings. The van der Waals surface area contributed by atoms with Crippen LogP contribution in [0.4, 0.5) is 0 Å². The SMILES string of the molecule is Cc1ccc(C)c(/C=C/c2onc(C)c2S(=O)(=O)N2CCC[C@H](C(=O)NCc3ccc(C)o3)C2)c1. The van der Waals surface area contributed by atoms with Gasteiger partial charge in [-0.3, -0.25) is 4.79 Å². The van der Waals surface area contributed by atoms with Crippen molar-refractivity contribution in [2.45, 2.75) is 52.0 Å². The van der Waals surface area contributed by atoms with Crippen LogP contribution in [-0.4, -0.2) is 36.9 Å². The molecule has 1 atom stereocenters. The van der Waals surface area contributed by atoms with Crippen LogP contribution >= 0.6 is 0 Å². The van der Waals surface area contributed by atoms with Gasteiger partial charge in [-0.15, -0.1) is 0 Å². The lowest BCUT2D eigenvalue weighted by molar-refractivity contribution is -0.126. The Kier molecular flexibility index (Phi) is 7.28. The number of carbonyl (C=O) groups is 1. The molecular weight excluding hydrogens is 466 g/mol. The van der Waals surface area contributed by atoms with Gasteiger partial charge in [-0.2, -0.15) is 4.31 Å². The van der Waals surface area contributed by atoms with Crippen molar-refractivity contribution in [1.29, 1.82) is 0 Å². The number of aryl methyl sites for hydroxylation is 4. The largest absolute Gasteiger partial charge is 0.465 e. The first-order valence-corrected chi connectivity index (χ1v) is 13.1. The van der Waals surface area contributed by atoms with Gasteiger partial charge >= 0.3 is 0 Å². The van der Waals surface area contributed by atoms with Crippen molar-refractivity contribution >= 4 is 28.1 Å². The van der Waals surface area contributed by atoms with E-state index >= 15 is 0 Å². The summed E-state index contributed by atoms with van der Waals surface area (Å²) in [5.41, 5.74) is 3.45. The summed E-state index contributed by atoms with van der Waals surface area (Å²) in [6.45, 7) is 8.18. The summed E-state index contributed by atoms with van der Waals surface area (Å²) in [7, 11) is -3.91. The molecule has 0 spiro atoms. The molecule has 186 valence electrons. The number of nitrogens with one attached hydrogen (secondary N) is 1. The molecule has 0 saturated carbocycles. The van der Waals surface area contributed by atoms with Crippen LogP contribution in [0, 0.1) is 33.6 Å². The van der Waals surface area contributed by atoms with Crippen molar-refractivity contribution in [3.63, 3.8) is 0 Å². The van der Waals surface area contributed by atoms with E-state index in [1.807, 2.05) is 57.2 Å². The van der Waals surface area contributed by atoms with Crippen LogP contribution in [0.2, 0.25) is 0 Å². The second-order valence-corrected chi connectivity index (χ2v) is 11.0. The second kappa shape index (κ2) is 10.2. The first kappa shape index (κ1) is 24.9. The van der Waals surface area contributed by atoms with Gasteiger partial charge < -0.3 is 14.3 Å². The van der Waals surface area contributed by atoms with Crippen molar-refractivity contribution in [3.8, 4) is 0 Å². The quantitative estimate of drug-likeness (QED) is 0.519. The molecule has 3 heterocycles. The van der Waals surface area contributed by atoms with Crippen molar-refractivity contribution in [1.82, 2.24) is 14.8 Å². The summed E-state index contributed by atoms with van der Waals surface area (Å²) < 4.78 is 39.5. The van der Waals surface area contributed by atoms with Crippen LogP contribution in [-0.2, 0) is 21.4 Å². The highest BCUT2D eigenvalue weighted by molar-refractivity contribution is 7.89. The van der Waals surface area contributed by atoms with Crippen LogP contribution in [0.25, 0.3) is 12.2 Å². The Morgan fingerprint density at radius 3 is 2.71 bits per heavy atom. The Labute approximate surface area is 206 Å². The minimum atomic E-state index is -3.91. The summed E-state index contributed by atoms with van der Waals surface area (Å²) in [6, 6.07) is 9.73. The number of carbonyl (C=O) groups excluding carboxylic acids is 1. The van der Waals surface area contributed by atoms with E-state index in [1.165, 1.54) is 4.31 Å². The first-order valence-electron chi connectivity index (χ1n) is 11.7. The molecule has 1 aromatic carbocycles. The fraction of sp³-hybridized carbons (Fsp3) is 0.385. The number of piperidine rings is 1. The van der Waals surface area contributed by atoms with Crippen LogP contribution in [0.5, 0.6) is 0 Å². The van der Waals surface area contributed by atoms with Gasteiger partial charge in [-0.1, -0.05) is 35.0 Å². The molecule has 0 bridgehead atoms. The molecule has 0 radical (unpaired) electrons. The lowest BCUT2D eigenvalue weighted by atomic mass is 9.99. The molecule has 1 saturated heterocycles. The Hall–Kier alpha value is -3.17. The molecule has 0 unspecified atom stereocenters. The molecule has 0 aliphatic carbocycles. The smallest absolute Gasteiger partial charge is 0.248 e. The van der Waals surface area contributed by atoms with Crippen molar-refractivity contribution < 1.29 is 22.2 Å². The van der Waals surface area contributed by atoms with Gasteiger partial charge in [0, 0.05) is 13.1 Å². The van der Waals surface area contributed by atoms with E-state index in [-0.39, 0.29) is 29.7 Å². The highest BCUT2D eigenvalue weighted by Crippen LogP contribution is 2.29. The number of sulfonamides is 1. The van der Waals surface area contributed by atoms with Gasteiger partial charge in [-0.05, 0) is 69.9 Å². The molecule has 2 aromatic heterocycles. The topological polar surface area (TPSA) is 106 Å². The Morgan fingerprint density at radius 2 is 1.97 bits per heavy atom. The molecule has 35 heavy (non-hydrogen) atoms. The molecule has 1 aliphatic rings. The number of amides is 1. The lowest BCUT2D eigenvalue weighted by Gasteiger charge is -2.31. The highest BCUT2D eigenvalue weighted by atomic mass is 32.2. The van der Waals surface area contributed by atoms with E-state index in [9.17, 15) is 13.2 Å². The number of hydrogen-bond acceptors (Lipinski definition) is 6. The number of aromatic nitrogens is 1. The van der Waals surface area contributed by atoms with Gasteiger partial charge in [-0.25, -0.2) is 8.42 Å². The average Bonchev–Trinajstić information content (AvgIpc) is 3.43. The molecule has 9 heteroatoms. The summed E-state index contributed by atoms with van der Waals surface area (Å²) in [6.07, 6.45) is 4.70. The van der Waals surface area contributed by atoms with Crippen molar-refractivity contribution in [2.24, 2.45) is 5.92 Å². The van der Waals surface area contributed by atoms with Gasteiger partial charge in [0.25, 0.3) is 0 Å². The summed E-state index contributed by atoms with van der Waals surface area (Å²) in [5, 5.41) is 6.79. The van der Waals surface area contributed by atoms with Crippen LogP contribution in [0.15, 0.2) is 44.2 Å². The van der Waals surface area contributed by atoms with Crippen LogP contribution in [0.1, 0.15) is 52.5 Å². The number of nitrogens with zero attached hydrogens (tertiary/aromatic N) is 2. The fourth-order valence-electron chi connectivity index (χ4n) is 4.31. The average molecular weight is 498 g/mol. The predicted octanol–water partition coefficient (Wildman–Crippen LogP) is 4.39. The summed E-state index contributed by atoms with van der Waals surface area (Å²) in [4.78, 5) is 12.8. The van der Waals surface area contributed by atoms with Crippen LogP contribution < -0.4 is 5.32 Å². The van der Waals surface area contributed by atoms with Gasteiger partial charge in [0.2, 0.25) is 15.9 Å². The molecule has 3 aromatic rings.